The first-order valence-corrected chi connectivity index (χ1v) is 6.77. The van der Waals surface area contributed by atoms with Crippen LogP contribution in [0.1, 0.15) is 42.5 Å². The number of amides is 1. The van der Waals surface area contributed by atoms with Gasteiger partial charge in [0.2, 0.25) is 5.91 Å². The fourth-order valence-corrected chi connectivity index (χ4v) is 2.64. The van der Waals surface area contributed by atoms with Gasteiger partial charge >= 0.3 is 5.97 Å². The smallest absolute Gasteiger partial charge is 0.337 e. The van der Waals surface area contributed by atoms with Gasteiger partial charge in [0.1, 0.15) is 0 Å². The summed E-state index contributed by atoms with van der Waals surface area (Å²) in [7, 11) is 0. The van der Waals surface area contributed by atoms with E-state index in [4.69, 9.17) is 10.8 Å². The van der Waals surface area contributed by atoms with E-state index in [9.17, 15) is 9.59 Å². The van der Waals surface area contributed by atoms with Gasteiger partial charge in [0.25, 0.3) is 0 Å². The van der Waals surface area contributed by atoms with Crippen molar-refractivity contribution >= 4 is 17.6 Å². The van der Waals surface area contributed by atoms with Crippen LogP contribution in [0.25, 0.3) is 0 Å². The van der Waals surface area contributed by atoms with Crippen molar-refractivity contribution in [2.45, 2.75) is 32.1 Å². The summed E-state index contributed by atoms with van der Waals surface area (Å²) in [5.74, 6) is -1.20. The number of aromatic nitrogens is 1. The van der Waals surface area contributed by atoms with Crippen LogP contribution in [0.2, 0.25) is 0 Å². The van der Waals surface area contributed by atoms with Gasteiger partial charge in [0.15, 0.2) is 0 Å². The van der Waals surface area contributed by atoms with Crippen LogP contribution in [-0.2, 0) is 4.79 Å². The molecule has 0 spiro atoms. The second kappa shape index (κ2) is 6.00. The lowest BCUT2D eigenvalue weighted by Crippen LogP contribution is -2.43. The molecule has 1 fully saturated rings. The van der Waals surface area contributed by atoms with Crippen molar-refractivity contribution in [1.29, 1.82) is 0 Å². The third-order valence-electron chi connectivity index (χ3n) is 3.93. The highest BCUT2D eigenvalue weighted by molar-refractivity contribution is 5.96. The van der Waals surface area contributed by atoms with E-state index in [-0.39, 0.29) is 11.5 Å². The third kappa shape index (κ3) is 2.96. The first kappa shape index (κ1) is 14.5. The fraction of sp³-hybridized carbons (Fsp3) is 0.500. The molecule has 2 rings (SSSR count). The fourth-order valence-electron chi connectivity index (χ4n) is 2.64. The number of nitrogens with one attached hydrogen (secondary N) is 1. The number of anilines is 1. The minimum Gasteiger partial charge on any atom is -0.478 e. The number of nitrogens with two attached hydrogens (primary N) is 1. The number of pyridine rings is 1. The van der Waals surface area contributed by atoms with Crippen molar-refractivity contribution in [2.75, 3.05) is 11.9 Å². The molecule has 1 aliphatic rings. The number of carbonyl (C=O) groups excluding carboxylic acids is 1. The zero-order valence-corrected chi connectivity index (χ0v) is 11.3. The van der Waals surface area contributed by atoms with Crippen LogP contribution < -0.4 is 11.1 Å². The van der Waals surface area contributed by atoms with Crippen molar-refractivity contribution in [3.05, 3.63) is 24.0 Å². The van der Waals surface area contributed by atoms with Crippen LogP contribution in [0.3, 0.4) is 0 Å². The van der Waals surface area contributed by atoms with E-state index in [2.05, 4.69) is 10.3 Å². The largest absolute Gasteiger partial charge is 0.478 e. The quantitative estimate of drug-likeness (QED) is 0.775. The minimum absolute atomic E-state index is 0.0493. The average molecular weight is 277 g/mol. The van der Waals surface area contributed by atoms with Crippen LogP contribution in [-0.4, -0.2) is 28.5 Å². The van der Waals surface area contributed by atoms with Crippen molar-refractivity contribution in [3.63, 3.8) is 0 Å². The van der Waals surface area contributed by atoms with Gasteiger partial charge in [0, 0.05) is 12.7 Å². The molecule has 1 saturated carbocycles. The van der Waals surface area contributed by atoms with E-state index in [1.54, 1.807) is 0 Å². The molecule has 0 unspecified atom stereocenters. The molecule has 108 valence electrons. The van der Waals surface area contributed by atoms with Gasteiger partial charge in [0.05, 0.1) is 22.9 Å². The Morgan fingerprint density at radius 3 is 2.60 bits per heavy atom. The molecule has 6 heteroatoms. The number of aromatic carboxylic acids is 1. The van der Waals surface area contributed by atoms with Crippen molar-refractivity contribution in [2.24, 2.45) is 11.1 Å². The first-order valence-electron chi connectivity index (χ1n) is 6.77. The lowest BCUT2D eigenvalue weighted by Gasteiger charge is -2.34. The van der Waals surface area contributed by atoms with Gasteiger partial charge < -0.3 is 16.2 Å². The molecular weight excluding hydrogens is 258 g/mol. The van der Waals surface area contributed by atoms with Gasteiger partial charge in [-0.25, -0.2) is 4.79 Å². The number of carboxylic acids is 1. The maximum Gasteiger partial charge on any atom is 0.337 e. The van der Waals surface area contributed by atoms with E-state index in [0.29, 0.717) is 12.2 Å². The monoisotopic (exact) mass is 277 g/mol. The van der Waals surface area contributed by atoms with Crippen LogP contribution >= 0.6 is 0 Å². The normalized spacial score (nSPS) is 17.4. The molecule has 1 aliphatic carbocycles. The molecule has 0 saturated heterocycles. The van der Waals surface area contributed by atoms with Gasteiger partial charge in [-0.1, -0.05) is 19.3 Å². The SMILES string of the molecule is NCC1(C(=O)Nc2cncc(C(=O)O)c2)CCCCC1. The standard InChI is InChI=1S/C14H19N3O3/c15-9-14(4-2-1-3-5-14)13(20)17-11-6-10(12(18)19)7-16-8-11/h6-8H,1-5,9,15H2,(H,17,20)(H,18,19). The number of carbonyl (C=O) groups is 2. The summed E-state index contributed by atoms with van der Waals surface area (Å²) in [6.07, 6.45) is 7.37. The Morgan fingerprint density at radius 1 is 1.30 bits per heavy atom. The van der Waals surface area contributed by atoms with Gasteiger partial charge in [-0.15, -0.1) is 0 Å². The average Bonchev–Trinajstić information content (AvgIpc) is 2.48. The molecule has 6 nitrogen and oxygen atoms in total. The number of carboxylic acid groups (broad SMARTS) is 1. The van der Waals surface area contributed by atoms with Crippen molar-refractivity contribution in [3.8, 4) is 0 Å². The van der Waals surface area contributed by atoms with E-state index in [0.717, 1.165) is 32.1 Å². The molecule has 0 radical (unpaired) electrons. The summed E-state index contributed by atoms with van der Waals surface area (Å²) >= 11 is 0. The maximum absolute atomic E-state index is 12.4. The molecule has 1 heterocycles. The van der Waals surface area contributed by atoms with E-state index in [1.807, 2.05) is 0 Å². The summed E-state index contributed by atoms with van der Waals surface area (Å²) in [6, 6.07) is 1.40. The van der Waals surface area contributed by atoms with E-state index >= 15 is 0 Å². The van der Waals surface area contributed by atoms with E-state index in [1.165, 1.54) is 18.5 Å². The Kier molecular flexibility index (Phi) is 4.34. The molecule has 0 aliphatic heterocycles. The highest BCUT2D eigenvalue weighted by atomic mass is 16.4. The van der Waals surface area contributed by atoms with Crippen LogP contribution in [0.5, 0.6) is 0 Å². The van der Waals surface area contributed by atoms with Gasteiger partial charge in [-0.3, -0.25) is 9.78 Å². The third-order valence-corrected chi connectivity index (χ3v) is 3.93. The Balaban J connectivity index is 2.14. The lowest BCUT2D eigenvalue weighted by molar-refractivity contribution is -0.126. The predicted octanol–water partition coefficient (Wildman–Crippen LogP) is 1.63. The summed E-state index contributed by atoms with van der Waals surface area (Å²) in [5, 5.41) is 11.7. The number of nitrogens with zero attached hydrogens (tertiary/aromatic N) is 1. The van der Waals surface area contributed by atoms with Crippen LogP contribution in [0, 0.1) is 5.41 Å². The maximum atomic E-state index is 12.4. The highest BCUT2D eigenvalue weighted by Gasteiger charge is 2.38. The number of hydrogen-bond donors (Lipinski definition) is 3. The molecule has 4 N–H and O–H groups in total. The second-order valence-electron chi connectivity index (χ2n) is 5.27. The van der Waals surface area contributed by atoms with Crippen LogP contribution in [0.4, 0.5) is 5.69 Å². The Bertz CT molecular complexity index is 510. The van der Waals surface area contributed by atoms with Gasteiger partial charge in [-0.2, -0.15) is 0 Å². The molecule has 0 aromatic carbocycles. The van der Waals surface area contributed by atoms with Crippen molar-refractivity contribution in [1.82, 2.24) is 4.98 Å². The zero-order chi connectivity index (χ0) is 14.6. The number of hydrogen-bond acceptors (Lipinski definition) is 4. The Morgan fingerprint density at radius 2 is 2.00 bits per heavy atom. The van der Waals surface area contributed by atoms with Crippen molar-refractivity contribution < 1.29 is 14.7 Å². The molecule has 1 aromatic rings. The zero-order valence-electron chi connectivity index (χ0n) is 11.3. The Hall–Kier alpha value is -1.95. The topological polar surface area (TPSA) is 105 Å². The molecular formula is C14H19N3O3. The summed E-state index contributed by atoms with van der Waals surface area (Å²) in [5.41, 5.74) is 5.72. The summed E-state index contributed by atoms with van der Waals surface area (Å²) < 4.78 is 0. The second-order valence-corrected chi connectivity index (χ2v) is 5.27. The molecule has 1 amide bonds. The summed E-state index contributed by atoms with van der Waals surface area (Å²) in [6.45, 7) is 0.310. The van der Waals surface area contributed by atoms with Gasteiger partial charge in [-0.05, 0) is 18.9 Å². The highest BCUT2D eigenvalue weighted by Crippen LogP contribution is 2.36. The summed E-state index contributed by atoms with van der Waals surface area (Å²) in [4.78, 5) is 27.1. The molecule has 0 atom stereocenters. The number of rotatable bonds is 4. The molecule has 1 aromatic heterocycles. The first-order chi connectivity index (χ1) is 9.57. The molecule has 0 bridgehead atoms. The lowest BCUT2D eigenvalue weighted by atomic mass is 9.73. The van der Waals surface area contributed by atoms with Crippen LogP contribution in [0.15, 0.2) is 18.5 Å². The minimum atomic E-state index is -1.07. The molecule has 20 heavy (non-hydrogen) atoms. The Labute approximate surface area is 117 Å². The van der Waals surface area contributed by atoms with E-state index < -0.39 is 11.4 Å². The predicted molar refractivity (Wildman–Crippen MR) is 74.4 cm³/mol.